The summed E-state index contributed by atoms with van der Waals surface area (Å²) < 4.78 is 22.7. The number of hydrogen-bond acceptors (Lipinski definition) is 7. The monoisotopic (exact) mass is 593 g/mol. The highest BCUT2D eigenvalue weighted by molar-refractivity contribution is 6.03. The Morgan fingerprint density at radius 1 is 0.909 bits per heavy atom. The van der Waals surface area contributed by atoms with Crippen LogP contribution < -0.4 is 24.3 Å². The van der Waals surface area contributed by atoms with Gasteiger partial charge in [-0.25, -0.2) is 4.98 Å². The lowest BCUT2D eigenvalue weighted by atomic mass is 9.81. The number of nitrogens with one attached hydrogen (secondary N) is 2. The fraction of sp³-hybridized carbons (Fsp3) is 0.257. The molecule has 1 aliphatic rings. The van der Waals surface area contributed by atoms with Crippen molar-refractivity contribution in [1.29, 1.82) is 0 Å². The quantitative estimate of drug-likeness (QED) is 0.200. The van der Waals surface area contributed by atoms with Gasteiger partial charge in [-0.05, 0) is 77.9 Å². The Kier molecular flexibility index (Phi) is 8.13. The number of para-hydroxylation sites is 1. The average molecular weight is 594 g/mol. The van der Waals surface area contributed by atoms with Crippen LogP contribution in [-0.2, 0) is 19.3 Å². The lowest BCUT2D eigenvalue weighted by Crippen LogP contribution is -2.39. The maximum Gasteiger partial charge on any atom is 0.252 e. The predicted molar refractivity (Wildman–Crippen MR) is 169 cm³/mol. The van der Waals surface area contributed by atoms with Crippen molar-refractivity contribution in [2.75, 3.05) is 35.0 Å². The molecule has 5 aromatic rings. The molecule has 6 rings (SSSR count). The largest absolute Gasteiger partial charge is 0.493 e. The van der Waals surface area contributed by atoms with Crippen molar-refractivity contribution in [2.24, 2.45) is 0 Å². The molecule has 1 amide bonds. The number of nitrogens with zero attached hydrogens (tertiary/aromatic N) is 1. The maximum atomic E-state index is 14.2. The Morgan fingerprint density at radius 2 is 1.73 bits per heavy atom. The van der Waals surface area contributed by atoms with Crippen LogP contribution in [0.4, 0.5) is 0 Å². The van der Waals surface area contributed by atoms with Gasteiger partial charge in [0.15, 0.2) is 11.5 Å². The number of rotatable bonds is 10. The number of methoxy groups -OCH3 is 4. The summed E-state index contributed by atoms with van der Waals surface area (Å²) in [6.07, 6.45) is 5.49. The van der Waals surface area contributed by atoms with Crippen LogP contribution in [0.1, 0.15) is 27.0 Å². The molecule has 3 aromatic carbocycles. The fourth-order valence-electron chi connectivity index (χ4n) is 6.23. The van der Waals surface area contributed by atoms with Crippen LogP contribution in [0.2, 0.25) is 0 Å². The Balaban J connectivity index is 1.46. The second-order valence-corrected chi connectivity index (χ2v) is 10.7. The van der Waals surface area contributed by atoms with E-state index in [1.165, 1.54) is 0 Å². The van der Waals surface area contributed by atoms with Gasteiger partial charge in [0.2, 0.25) is 11.6 Å². The van der Waals surface area contributed by atoms with E-state index in [4.69, 9.17) is 18.9 Å². The molecule has 9 nitrogen and oxygen atoms in total. The summed E-state index contributed by atoms with van der Waals surface area (Å²) in [7, 11) is 6.36. The lowest BCUT2D eigenvalue weighted by molar-refractivity contribution is 0.0917. The second kappa shape index (κ2) is 12.3. The van der Waals surface area contributed by atoms with E-state index in [9.17, 15) is 9.90 Å². The SMILES string of the molecule is COc1cc2c(c(OC)c1OC)CCc1cc(-c3cccnc3OC)c(C(=O)NC(CO)Cc3c[nH]c4ccccc34)cc1-2. The molecule has 0 saturated heterocycles. The van der Waals surface area contributed by atoms with Crippen LogP contribution in [-0.4, -0.2) is 62.1 Å². The molecule has 0 spiro atoms. The molecule has 0 radical (unpaired) electrons. The van der Waals surface area contributed by atoms with Gasteiger partial charge in [0, 0.05) is 45.6 Å². The summed E-state index contributed by atoms with van der Waals surface area (Å²) in [5, 5.41) is 14.5. The van der Waals surface area contributed by atoms with E-state index >= 15 is 0 Å². The smallest absolute Gasteiger partial charge is 0.252 e. The zero-order valence-electron chi connectivity index (χ0n) is 25.2. The van der Waals surface area contributed by atoms with Gasteiger partial charge in [-0.15, -0.1) is 0 Å². The number of carbonyl (C=O) groups is 1. The number of ether oxygens (including phenoxy) is 4. The Bertz CT molecular complexity index is 1850. The summed E-state index contributed by atoms with van der Waals surface area (Å²) in [5.74, 6) is 1.81. The van der Waals surface area contributed by atoms with E-state index in [2.05, 4.69) is 15.3 Å². The molecule has 0 saturated carbocycles. The minimum atomic E-state index is -0.516. The Morgan fingerprint density at radius 3 is 2.48 bits per heavy atom. The van der Waals surface area contributed by atoms with E-state index in [-0.39, 0.29) is 12.5 Å². The van der Waals surface area contributed by atoms with Gasteiger partial charge in [-0.3, -0.25) is 4.79 Å². The van der Waals surface area contributed by atoms with Crippen LogP contribution >= 0.6 is 0 Å². The van der Waals surface area contributed by atoms with Gasteiger partial charge in [0.05, 0.1) is 41.1 Å². The molecular formula is C35H35N3O6. The zero-order valence-corrected chi connectivity index (χ0v) is 25.2. The third-order valence-corrected chi connectivity index (χ3v) is 8.31. The van der Waals surface area contributed by atoms with Gasteiger partial charge in [-0.2, -0.15) is 0 Å². The van der Waals surface area contributed by atoms with E-state index in [0.29, 0.717) is 46.2 Å². The van der Waals surface area contributed by atoms with Gasteiger partial charge < -0.3 is 34.4 Å². The van der Waals surface area contributed by atoms with Crippen molar-refractivity contribution in [1.82, 2.24) is 15.3 Å². The van der Waals surface area contributed by atoms with Crippen LogP contribution in [0.25, 0.3) is 33.2 Å². The molecule has 2 aromatic heterocycles. The molecule has 0 fully saturated rings. The predicted octanol–water partition coefficient (Wildman–Crippen LogP) is 5.36. The van der Waals surface area contributed by atoms with Crippen molar-refractivity contribution in [2.45, 2.75) is 25.3 Å². The first kappa shape index (κ1) is 29.1. The average Bonchev–Trinajstić information content (AvgIpc) is 3.48. The van der Waals surface area contributed by atoms with E-state index in [1.54, 1.807) is 34.6 Å². The number of fused-ring (bicyclic) bond motifs is 4. The number of hydrogen-bond donors (Lipinski definition) is 3. The number of aromatic nitrogens is 2. The van der Waals surface area contributed by atoms with Gasteiger partial charge in [0.1, 0.15) is 0 Å². The number of benzene rings is 3. The third kappa shape index (κ3) is 5.09. The topological polar surface area (TPSA) is 115 Å². The fourth-order valence-corrected chi connectivity index (χ4v) is 6.23. The third-order valence-electron chi connectivity index (χ3n) is 8.31. The van der Waals surface area contributed by atoms with E-state index in [1.807, 2.05) is 60.8 Å². The van der Waals surface area contributed by atoms with Crippen LogP contribution in [0.3, 0.4) is 0 Å². The van der Waals surface area contributed by atoms with Crippen molar-refractivity contribution >= 4 is 16.8 Å². The number of H-pyrrole nitrogens is 1. The molecular weight excluding hydrogens is 558 g/mol. The van der Waals surface area contributed by atoms with Crippen molar-refractivity contribution in [3.63, 3.8) is 0 Å². The first-order valence-electron chi connectivity index (χ1n) is 14.5. The minimum absolute atomic E-state index is 0.223. The highest BCUT2D eigenvalue weighted by Gasteiger charge is 2.29. The number of aliphatic hydroxyl groups excluding tert-OH is 1. The summed E-state index contributed by atoms with van der Waals surface area (Å²) >= 11 is 0. The van der Waals surface area contributed by atoms with Gasteiger partial charge in [0.25, 0.3) is 5.91 Å². The lowest BCUT2D eigenvalue weighted by Gasteiger charge is -2.27. The first-order chi connectivity index (χ1) is 21.5. The highest BCUT2D eigenvalue weighted by atomic mass is 16.5. The molecule has 0 aliphatic heterocycles. The van der Waals surface area contributed by atoms with E-state index < -0.39 is 6.04 Å². The minimum Gasteiger partial charge on any atom is -0.493 e. The number of amides is 1. The van der Waals surface area contributed by atoms with Crippen LogP contribution in [0.15, 0.2) is 67.0 Å². The summed E-state index contributed by atoms with van der Waals surface area (Å²) in [6, 6.07) is 17.1. The Labute approximate surface area is 255 Å². The second-order valence-electron chi connectivity index (χ2n) is 10.7. The van der Waals surface area contributed by atoms with Gasteiger partial charge >= 0.3 is 0 Å². The number of aliphatic hydroxyl groups is 1. The standard InChI is InChI=1S/C35H35N3O6/c1-41-31-17-28-24(32(42-2)33(31)43-3)12-11-20-15-27(25-9-7-13-36-35(25)44-4)29(16-26(20)28)34(40)38-22(19-39)14-21-18-37-30-10-6-5-8-23(21)30/h5-10,13,15-18,22,37,39H,11-12,14,19H2,1-4H3,(H,38,40). The first-order valence-corrected chi connectivity index (χ1v) is 14.5. The number of aromatic amines is 1. The molecule has 3 N–H and O–H groups in total. The molecule has 226 valence electrons. The highest BCUT2D eigenvalue weighted by Crippen LogP contribution is 2.49. The summed E-state index contributed by atoms with van der Waals surface area (Å²) in [4.78, 5) is 21.9. The van der Waals surface area contributed by atoms with Crippen molar-refractivity contribution < 1.29 is 28.8 Å². The maximum absolute atomic E-state index is 14.2. The molecule has 2 heterocycles. The van der Waals surface area contributed by atoms with Crippen molar-refractivity contribution in [3.05, 3.63) is 89.2 Å². The zero-order chi connectivity index (χ0) is 30.8. The normalized spacial score (nSPS) is 12.7. The summed E-state index contributed by atoms with van der Waals surface area (Å²) in [6.45, 7) is -0.223. The Hall–Kier alpha value is -5.02. The number of carbonyl (C=O) groups excluding carboxylic acids is 1. The molecule has 9 heteroatoms. The number of aryl methyl sites for hydroxylation is 1. The molecule has 1 atom stereocenters. The summed E-state index contributed by atoms with van der Waals surface area (Å²) in [5.41, 5.74) is 7.74. The van der Waals surface area contributed by atoms with Crippen LogP contribution in [0.5, 0.6) is 23.1 Å². The van der Waals surface area contributed by atoms with Crippen LogP contribution in [0, 0.1) is 0 Å². The molecule has 44 heavy (non-hydrogen) atoms. The molecule has 1 unspecified atom stereocenters. The van der Waals surface area contributed by atoms with Crippen molar-refractivity contribution in [3.8, 4) is 45.4 Å². The van der Waals surface area contributed by atoms with E-state index in [0.717, 1.165) is 51.6 Å². The molecule has 0 bridgehead atoms. The number of pyridine rings is 1. The molecule has 1 aliphatic carbocycles. The van der Waals surface area contributed by atoms with Gasteiger partial charge in [-0.1, -0.05) is 18.2 Å².